The van der Waals surface area contributed by atoms with Gasteiger partial charge in [-0.3, -0.25) is 9.78 Å². The molecule has 108 valence electrons. The highest BCUT2D eigenvalue weighted by molar-refractivity contribution is 7.16. The number of pyridine rings is 1. The third kappa shape index (κ3) is 2.45. The summed E-state index contributed by atoms with van der Waals surface area (Å²) >= 11 is 1.43. The fourth-order valence-corrected chi connectivity index (χ4v) is 4.05. The first-order valence-corrected chi connectivity index (χ1v) is 8.04. The number of nitrogens with zero attached hydrogens (tertiary/aromatic N) is 2. The SMILES string of the molecule is O=C(N[C@@H]1C[C@H]2CC[C@@H]1N2)c1cnc(-c2ccncc2)s1. The van der Waals surface area contributed by atoms with Crippen LogP contribution < -0.4 is 10.6 Å². The summed E-state index contributed by atoms with van der Waals surface area (Å²) in [6, 6.07) is 5.11. The summed E-state index contributed by atoms with van der Waals surface area (Å²) in [7, 11) is 0. The van der Waals surface area contributed by atoms with E-state index in [0.717, 1.165) is 17.0 Å². The zero-order valence-corrected chi connectivity index (χ0v) is 12.3. The number of aromatic nitrogens is 2. The van der Waals surface area contributed by atoms with Crippen LogP contribution in [0.2, 0.25) is 0 Å². The van der Waals surface area contributed by atoms with Gasteiger partial charge in [0.1, 0.15) is 9.88 Å². The molecule has 2 aliphatic heterocycles. The van der Waals surface area contributed by atoms with Gasteiger partial charge in [0.2, 0.25) is 0 Å². The summed E-state index contributed by atoms with van der Waals surface area (Å²) in [6.45, 7) is 0. The van der Waals surface area contributed by atoms with E-state index in [9.17, 15) is 4.79 Å². The lowest BCUT2D eigenvalue weighted by Gasteiger charge is -2.20. The molecule has 3 atom stereocenters. The summed E-state index contributed by atoms with van der Waals surface area (Å²) in [5.41, 5.74) is 0.996. The molecule has 0 aliphatic carbocycles. The fraction of sp³-hybridized carbons (Fsp3) is 0.400. The minimum atomic E-state index is -0.00726. The second kappa shape index (κ2) is 5.20. The average Bonchev–Trinajstić information content (AvgIpc) is 3.24. The molecule has 2 aliphatic rings. The van der Waals surface area contributed by atoms with E-state index in [1.54, 1.807) is 18.6 Å². The summed E-state index contributed by atoms with van der Waals surface area (Å²) < 4.78 is 0. The van der Waals surface area contributed by atoms with Gasteiger partial charge in [-0.2, -0.15) is 0 Å². The molecule has 2 aromatic rings. The van der Waals surface area contributed by atoms with E-state index in [1.807, 2.05) is 12.1 Å². The van der Waals surface area contributed by atoms with Crippen LogP contribution >= 0.6 is 11.3 Å². The Morgan fingerprint density at radius 2 is 2.19 bits per heavy atom. The van der Waals surface area contributed by atoms with Gasteiger partial charge in [-0.1, -0.05) is 0 Å². The molecule has 5 nitrogen and oxygen atoms in total. The molecular weight excluding hydrogens is 284 g/mol. The molecule has 4 heterocycles. The maximum Gasteiger partial charge on any atom is 0.263 e. The molecule has 2 bridgehead atoms. The molecule has 2 aromatic heterocycles. The number of carbonyl (C=O) groups is 1. The molecule has 1 amide bonds. The van der Waals surface area contributed by atoms with Gasteiger partial charge in [-0.25, -0.2) is 4.98 Å². The Morgan fingerprint density at radius 1 is 1.33 bits per heavy atom. The zero-order chi connectivity index (χ0) is 14.2. The highest BCUT2D eigenvalue weighted by Crippen LogP contribution is 2.29. The van der Waals surface area contributed by atoms with Crippen molar-refractivity contribution >= 4 is 17.2 Å². The lowest BCUT2D eigenvalue weighted by Crippen LogP contribution is -2.42. The molecule has 4 rings (SSSR count). The fourth-order valence-electron chi connectivity index (χ4n) is 3.23. The van der Waals surface area contributed by atoms with Gasteiger partial charge in [0.05, 0.1) is 6.20 Å². The Bertz CT molecular complexity index is 657. The van der Waals surface area contributed by atoms with Crippen LogP contribution in [0.3, 0.4) is 0 Å². The maximum atomic E-state index is 12.3. The van der Waals surface area contributed by atoms with Gasteiger partial charge in [-0.05, 0) is 31.4 Å². The number of rotatable bonds is 3. The largest absolute Gasteiger partial charge is 0.347 e. The molecule has 6 heteroatoms. The minimum Gasteiger partial charge on any atom is -0.347 e. The van der Waals surface area contributed by atoms with Crippen molar-refractivity contribution in [2.24, 2.45) is 0 Å². The maximum absolute atomic E-state index is 12.3. The van der Waals surface area contributed by atoms with Crippen molar-refractivity contribution in [1.82, 2.24) is 20.6 Å². The topological polar surface area (TPSA) is 66.9 Å². The van der Waals surface area contributed by atoms with E-state index in [2.05, 4.69) is 20.6 Å². The third-order valence-corrected chi connectivity index (χ3v) is 5.32. The van der Waals surface area contributed by atoms with Gasteiger partial charge >= 0.3 is 0 Å². The molecule has 0 radical (unpaired) electrons. The minimum absolute atomic E-state index is 0.00726. The van der Waals surface area contributed by atoms with Crippen LogP contribution in [0.4, 0.5) is 0 Å². The number of fused-ring (bicyclic) bond motifs is 2. The van der Waals surface area contributed by atoms with Crippen molar-refractivity contribution in [3.63, 3.8) is 0 Å². The first kappa shape index (κ1) is 12.9. The van der Waals surface area contributed by atoms with Gasteiger partial charge in [0.15, 0.2) is 0 Å². The smallest absolute Gasteiger partial charge is 0.263 e. The molecule has 2 N–H and O–H groups in total. The quantitative estimate of drug-likeness (QED) is 0.907. The van der Waals surface area contributed by atoms with Crippen molar-refractivity contribution in [2.45, 2.75) is 37.4 Å². The van der Waals surface area contributed by atoms with E-state index in [0.29, 0.717) is 17.0 Å². The first-order valence-electron chi connectivity index (χ1n) is 7.23. The van der Waals surface area contributed by atoms with E-state index < -0.39 is 0 Å². The van der Waals surface area contributed by atoms with E-state index in [1.165, 1.54) is 24.2 Å². The molecule has 2 saturated heterocycles. The Hall–Kier alpha value is -1.79. The number of thiazole rings is 1. The summed E-state index contributed by atoms with van der Waals surface area (Å²) in [5, 5.41) is 7.54. The molecule has 21 heavy (non-hydrogen) atoms. The highest BCUT2D eigenvalue weighted by Gasteiger charge is 2.39. The lowest BCUT2D eigenvalue weighted by molar-refractivity contribution is 0.0935. The molecule has 0 unspecified atom stereocenters. The van der Waals surface area contributed by atoms with Gasteiger partial charge in [0.25, 0.3) is 5.91 Å². The summed E-state index contributed by atoms with van der Waals surface area (Å²) in [6.07, 6.45) is 8.59. The van der Waals surface area contributed by atoms with Crippen molar-refractivity contribution < 1.29 is 4.79 Å². The standard InChI is InChI=1S/C15H16N4OS/c20-14(19-12-7-10-1-2-11(12)18-10)13-8-17-15(21-13)9-3-5-16-6-4-9/h3-6,8,10-12,18H,1-2,7H2,(H,19,20)/t10-,11+,12-/m1/s1. The van der Waals surface area contributed by atoms with Gasteiger partial charge in [-0.15, -0.1) is 11.3 Å². The number of carbonyl (C=O) groups excluding carboxylic acids is 1. The Labute approximate surface area is 126 Å². The van der Waals surface area contributed by atoms with E-state index in [-0.39, 0.29) is 11.9 Å². The molecule has 2 fully saturated rings. The van der Waals surface area contributed by atoms with Gasteiger partial charge in [0, 0.05) is 36.1 Å². The Kier molecular flexibility index (Phi) is 3.20. The number of nitrogens with one attached hydrogen (secondary N) is 2. The van der Waals surface area contributed by atoms with Crippen LogP contribution in [0.25, 0.3) is 10.6 Å². The van der Waals surface area contributed by atoms with Crippen LogP contribution in [0.5, 0.6) is 0 Å². The molecule has 0 aromatic carbocycles. The number of amides is 1. The molecular formula is C15H16N4OS. The summed E-state index contributed by atoms with van der Waals surface area (Å²) in [4.78, 5) is 21.3. The Balaban J connectivity index is 1.47. The molecule has 0 spiro atoms. The second-order valence-corrected chi connectivity index (χ2v) is 6.66. The summed E-state index contributed by atoms with van der Waals surface area (Å²) in [5.74, 6) is -0.00726. The Morgan fingerprint density at radius 3 is 2.90 bits per heavy atom. The van der Waals surface area contributed by atoms with E-state index >= 15 is 0 Å². The van der Waals surface area contributed by atoms with Crippen molar-refractivity contribution in [2.75, 3.05) is 0 Å². The highest BCUT2D eigenvalue weighted by atomic mass is 32.1. The zero-order valence-electron chi connectivity index (χ0n) is 11.5. The van der Waals surface area contributed by atoms with Crippen LogP contribution in [0.1, 0.15) is 28.9 Å². The number of hydrogen-bond donors (Lipinski definition) is 2. The van der Waals surface area contributed by atoms with Crippen molar-refractivity contribution in [3.8, 4) is 10.6 Å². The predicted octanol–water partition coefficient (Wildman–Crippen LogP) is 1.83. The van der Waals surface area contributed by atoms with Crippen molar-refractivity contribution in [1.29, 1.82) is 0 Å². The number of hydrogen-bond acceptors (Lipinski definition) is 5. The second-order valence-electron chi connectivity index (χ2n) is 5.63. The molecule has 0 saturated carbocycles. The lowest BCUT2D eigenvalue weighted by atomic mass is 9.95. The first-order chi connectivity index (χ1) is 10.3. The van der Waals surface area contributed by atoms with Crippen LogP contribution in [0, 0.1) is 0 Å². The van der Waals surface area contributed by atoms with Crippen LogP contribution in [-0.4, -0.2) is 34.0 Å². The van der Waals surface area contributed by atoms with E-state index in [4.69, 9.17) is 0 Å². The predicted molar refractivity (Wildman–Crippen MR) is 81.2 cm³/mol. The average molecular weight is 300 g/mol. The monoisotopic (exact) mass is 300 g/mol. The normalized spacial score (nSPS) is 27.0. The van der Waals surface area contributed by atoms with Crippen LogP contribution in [-0.2, 0) is 0 Å². The van der Waals surface area contributed by atoms with Gasteiger partial charge < -0.3 is 10.6 Å². The third-order valence-electron chi connectivity index (χ3n) is 4.27. The van der Waals surface area contributed by atoms with Crippen LogP contribution in [0.15, 0.2) is 30.7 Å². The van der Waals surface area contributed by atoms with Crippen molar-refractivity contribution in [3.05, 3.63) is 35.6 Å².